The average molecular weight is 462 g/mol. The second-order valence-electron chi connectivity index (χ2n) is 6.19. The lowest BCUT2D eigenvalue weighted by atomic mass is 9.96. The molecule has 8 heteroatoms. The second-order valence-corrected chi connectivity index (χ2v) is 8.30. The molecule has 3 rings (SSSR count). The van der Waals surface area contributed by atoms with Crippen LogP contribution < -0.4 is 10.6 Å². The van der Waals surface area contributed by atoms with Crippen molar-refractivity contribution in [3.05, 3.63) is 44.5 Å². The molecule has 0 amide bonds. The molecule has 2 N–H and O–H groups in total. The summed E-state index contributed by atoms with van der Waals surface area (Å²) >= 11 is 21.1. The van der Waals surface area contributed by atoms with Gasteiger partial charge in [-0.3, -0.25) is 4.68 Å². The van der Waals surface area contributed by atoms with Crippen LogP contribution in [0.4, 0.5) is 5.82 Å². The third kappa shape index (κ3) is 5.33. The van der Waals surface area contributed by atoms with E-state index in [4.69, 9.17) is 35.4 Å². The first kappa shape index (κ1) is 19.0. The van der Waals surface area contributed by atoms with E-state index in [0.29, 0.717) is 33.6 Å². The molecule has 1 aromatic heterocycles. The summed E-state index contributed by atoms with van der Waals surface area (Å²) in [5.74, 6) is 0.693. The van der Waals surface area contributed by atoms with Gasteiger partial charge in [-0.1, -0.05) is 48.5 Å². The molecule has 0 aliphatic heterocycles. The number of nitrogens with zero attached hydrogens (tertiary/aromatic N) is 2. The van der Waals surface area contributed by atoms with Crippen LogP contribution in [0.2, 0.25) is 10.0 Å². The molecule has 0 unspecified atom stereocenters. The van der Waals surface area contributed by atoms with Crippen molar-refractivity contribution < 1.29 is 0 Å². The Kier molecular flexibility index (Phi) is 6.61. The Morgan fingerprint density at radius 1 is 1.28 bits per heavy atom. The van der Waals surface area contributed by atoms with Crippen molar-refractivity contribution in [1.29, 1.82) is 0 Å². The zero-order chi connectivity index (χ0) is 17.8. The Labute approximate surface area is 171 Å². The minimum atomic E-state index is 0.461. The summed E-state index contributed by atoms with van der Waals surface area (Å²) in [7, 11) is 0. The van der Waals surface area contributed by atoms with Crippen LogP contribution in [0.3, 0.4) is 0 Å². The highest BCUT2D eigenvalue weighted by molar-refractivity contribution is 9.10. The lowest BCUT2D eigenvalue weighted by Crippen LogP contribution is -2.39. The van der Waals surface area contributed by atoms with Crippen LogP contribution in [0.15, 0.2) is 28.9 Å². The molecule has 0 spiro atoms. The van der Waals surface area contributed by atoms with Crippen LogP contribution >= 0.6 is 51.3 Å². The standard InChI is InChI=1S/C17H19BrCl2N4S/c18-14-10-24(9-11-6-7-12(19)8-15(11)20)23-16(14)22-17(25)21-13-4-2-1-3-5-13/h6-8,10,13H,1-5,9H2,(H2,21,22,23,25). The fraction of sp³-hybridized carbons (Fsp3) is 0.412. The van der Waals surface area contributed by atoms with Crippen LogP contribution in [0.5, 0.6) is 0 Å². The Bertz CT molecular complexity index is 759. The van der Waals surface area contributed by atoms with Crippen molar-refractivity contribution in [1.82, 2.24) is 15.1 Å². The van der Waals surface area contributed by atoms with Gasteiger partial charge in [0, 0.05) is 22.3 Å². The molecule has 1 aliphatic rings. The maximum atomic E-state index is 6.24. The molecule has 2 aromatic rings. The molecule has 0 saturated heterocycles. The number of thiocarbonyl (C=S) groups is 1. The van der Waals surface area contributed by atoms with E-state index in [9.17, 15) is 0 Å². The van der Waals surface area contributed by atoms with Gasteiger partial charge in [-0.15, -0.1) is 0 Å². The number of halogens is 3. The Morgan fingerprint density at radius 2 is 2.04 bits per heavy atom. The van der Waals surface area contributed by atoms with Gasteiger partial charge in [0.25, 0.3) is 0 Å². The van der Waals surface area contributed by atoms with Crippen molar-refractivity contribution in [3.63, 3.8) is 0 Å². The Balaban J connectivity index is 1.62. The minimum Gasteiger partial charge on any atom is -0.360 e. The third-order valence-electron chi connectivity index (χ3n) is 4.24. The molecule has 0 atom stereocenters. The largest absolute Gasteiger partial charge is 0.360 e. The number of nitrogens with one attached hydrogen (secondary N) is 2. The molecule has 1 fully saturated rings. The zero-order valence-electron chi connectivity index (χ0n) is 13.6. The number of hydrogen-bond donors (Lipinski definition) is 2. The summed E-state index contributed by atoms with van der Waals surface area (Å²) in [5.41, 5.74) is 0.954. The van der Waals surface area contributed by atoms with Crippen LogP contribution in [-0.4, -0.2) is 20.9 Å². The molecule has 134 valence electrons. The fourth-order valence-corrected chi connectivity index (χ4v) is 4.11. The highest BCUT2D eigenvalue weighted by Crippen LogP contribution is 2.25. The monoisotopic (exact) mass is 460 g/mol. The predicted octanol–water partition coefficient (Wildman–Crippen LogP) is 5.62. The minimum absolute atomic E-state index is 0.461. The summed E-state index contributed by atoms with van der Waals surface area (Å²) in [6.45, 7) is 0.555. The van der Waals surface area contributed by atoms with Gasteiger partial charge in [0.1, 0.15) is 0 Å². The van der Waals surface area contributed by atoms with Gasteiger partial charge in [-0.2, -0.15) is 5.10 Å². The lowest BCUT2D eigenvalue weighted by Gasteiger charge is -2.24. The quantitative estimate of drug-likeness (QED) is 0.579. The fourth-order valence-electron chi connectivity index (χ4n) is 2.96. The average Bonchev–Trinajstić information content (AvgIpc) is 2.90. The maximum absolute atomic E-state index is 6.24. The first-order valence-electron chi connectivity index (χ1n) is 8.25. The summed E-state index contributed by atoms with van der Waals surface area (Å²) in [6.07, 6.45) is 8.10. The van der Waals surface area contributed by atoms with Gasteiger partial charge >= 0.3 is 0 Å². The lowest BCUT2D eigenvalue weighted by molar-refractivity contribution is 0.414. The van der Waals surface area contributed by atoms with Gasteiger partial charge in [0.2, 0.25) is 0 Å². The normalized spacial score (nSPS) is 15.2. The molecule has 25 heavy (non-hydrogen) atoms. The Morgan fingerprint density at radius 3 is 2.76 bits per heavy atom. The van der Waals surface area contributed by atoms with E-state index in [-0.39, 0.29) is 0 Å². The van der Waals surface area contributed by atoms with E-state index >= 15 is 0 Å². The van der Waals surface area contributed by atoms with Gasteiger partial charge in [0.15, 0.2) is 10.9 Å². The van der Waals surface area contributed by atoms with E-state index in [1.54, 1.807) is 6.07 Å². The summed E-state index contributed by atoms with van der Waals surface area (Å²) in [4.78, 5) is 0. The van der Waals surface area contributed by atoms with Crippen molar-refractivity contribution >= 4 is 62.3 Å². The van der Waals surface area contributed by atoms with Gasteiger partial charge in [-0.05, 0) is 58.7 Å². The molecule has 1 saturated carbocycles. The molecule has 4 nitrogen and oxygen atoms in total. The number of hydrogen-bond acceptors (Lipinski definition) is 2. The summed E-state index contributed by atoms with van der Waals surface area (Å²) < 4.78 is 2.66. The maximum Gasteiger partial charge on any atom is 0.172 e. The van der Waals surface area contributed by atoms with Crippen molar-refractivity contribution in [2.45, 2.75) is 44.7 Å². The van der Waals surface area contributed by atoms with E-state index in [1.165, 1.54) is 32.1 Å². The van der Waals surface area contributed by atoms with E-state index in [1.807, 2.05) is 23.0 Å². The van der Waals surface area contributed by atoms with Crippen LogP contribution in [0.1, 0.15) is 37.7 Å². The SMILES string of the molecule is S=C(Nc1nn(Cc2ccc(Cl)cc2Cl)cc1Br)NC1CCCCC1. The number of benzene rings is 1. The highest BCUT2D eigenvalue weighted by Gasteiger charge is 2.15. The molecule has 1 heterocycles. The van der Waals surface area contributed by atoms with Gasteiger partial charge in [-0.25, -0.2) is 0 Å². The van der Waals surface area contributed by atoms with Crippen molar-refractivity contribution in [2.24, 2.45) is 0 Å². The van der Waals surface area contributed by atoms with E-state index in [0.717, 1.165) is 10.0 Å². The van der Waals surface area contributed by atoms with E-state index in [2.05, 4.69) is 31.7 Å². The molecular formula is C17H19BrCl2N4S. The molecular weight excluding hydrogens is 443 g/mol. The van der Waals surface area contributed by atoms with Crippen LogP contribution in [0, 0.1) is 0 Å². The summed E-state index contributed by atoms with van der Waals surface area (Å²) in [6, 6.07) is 5.92. The first-order chi connectivity index (χ1) is 12.0. The third-order valence-corrected chi connectivity index (χ3v) is 5.62. The molecule has 1 aliphatic carbocycles. The smallest absolute Gasteiger partial charge is 0.172 e. The molecule has 1 aromatic carbocycles. The first-order valence-corrected chi connectivity index (χ1v) is 10.2. The second kappa shape index (κ2) is 8.71. The van der Waals surface area contributed by atoms with Gasteiger partial charge < -0.3 is 10.6 Å². The number of rotatable bonds is 4. The molecule has 0 bridgehead atoms. The van der Waals surface area contributed by atoms with Crippen LogP contribution in [0.25, 0.3) is 0 Å². The highest BCUT2D eigenvalue weighted by atomic mass is 79.9. The molecule has 0 radical (unpaired) electrons. The van der Waals surface area contributed by atoms with Crippen molar-refractivity contribution in [2.75, 3.05) is 5.32 Å². The van der Waals surface area contributed by atoms with Crippen LogP contribution in [-0.2, 0) is 6.54 Å². The Hall–Kier alpha value is -0.820. The number of aromatic nitrogens is 2. The number of anilines is 1. The van der Waals surface area contributed by atoms with Crippen molar-refractivity contribution in [3.8, 4) is 0 Å². The topological polar surface area (TPSA) is 41.9 Å². The zero-order valence-corrected chi connectivity index (χ0v) is 17.5. The predicted molar refractivity (Wildman–Crippen MR) is 112 cm³/mol. The van der Waals surface area contributed by atoms with E-state index < -0.39 is 0 Å². The van der Waals surface area contributed by atoms with Gasteiger partial charge in [0.05, 0.1) is 11.0 Å². The summed E-state index contributed by atoms with van der Waals surface area (Å²) in [5, 5.41) is 13.0.